The molecule has 0 fully saturated rings. The predicted octanol–water partition coefficient (Wildman–Crippen LogP) is -0.912. The summed E-state index contributed by atoms with van der Waals surface area (Å²) in [6.45, 7) is 2.23. The van der Waals surface area contributed by atoms with Gasteiger partial charge in [0.25, 0.3) is 0 Å². The molecular formula is C6H9N3O4. The van der Waals surface area contributed by atoms with E-state index in [2.05, 4.69) is 0 Å². The summed E-state index contributed by atoms with van der Waals surface area (Å²) in [5.41, 5.74) is 0. The minimum absolute atomic E-state index is 0.604. The fourth-order valence-corrected chi connectivity index (χ4v) is 0.485. The molecule has 0 bridgehead atoms. The van der Waals surface area contributed by atoms with Crippen LogP contribution in [0.15, 0.2) is 0 Å². The van der Waals surface area contributed by atoms with Crippen molar-refractivity contribution in [2.45, 2.75) is 13.8 Å². The standard InChI is InChI=1S/C6H9N3O4/c1-3(10)7-5(12)9-6(13)8-4(2)11/h1-2H3,(H3,7,8,9,10,11,12,13). The molecule has 72 valence electrons. The first-order valence-corrected chi connectivity index (χ1v) is 3.32. The van der Waals surface area contributed by atoms with Crippen molar-refractivity contribution >= 4 is 23.9 Å². The molecule has 0 spiro atoms. The quantitative estimate of drug-likeness (QED) is 0.456. The molecule has 0 aliphatic carbocycles. The molecule has 0 radical (unpaired) electrons. The summed E-state index contributed by atoms with van der Waals surface area (Å²) in [6, 6.07) is -1.96. The van der Waals surface area contributed by atoms with Crippen molar-refractivity contribution in [2.24, 2.45) is 0 Å². The maximum absolute atomic E-state index is 10.6. The van der Waals surface area contributed by atoms with Gasteiger partial charge in [-0.3, -0.25) is 25.5 Å². The van der Waals surface area contributed by atoms with Gasteiger partial charge in [-0.05, 0) is 0 Å². The fourth-order valence-electron chi connectivity index (χ4n) is 0.485. The van der Waals surface area contributed by atoms with Crippen LogP contribution in [-0.4, -0.2) is 23.9 Å². The third kappa shape index (κ3) is 6.48. The molecule has 13 heavy (non-hydrogen) atoms. The predicted molar refractivity (Wildman–Crippen MR) is 41.6 cm³/mol. The van der Waals surface area contributed by atoms with Gasteiger partial charge >= 0.3 is 12.1 Å². The molecule has 3 N–H and O–H groups in total. The van der Waals surface area contributed by atoms with Crippen LogP contribution in [0.2, 0.25) is 0 Å². The van der Waals surface area contributed by atoms with Crippen LogP contribution in [0.25, 0.3) is 0 Å². The van der Waals surface area contributed by atoms with Crippen molar-refractivity contribution in [3.8, 4) is 0 Å². The van der Waals surface area contributed by atoms with E-state index in [0.717, 1.165) is 13.8 Å². The molecule has 0 aromatic heterocycles. The van der Waals surface area contributed by atoms with Crippen molar-refractivity contribution in [1.82, 2.24) is 16.0 Å². The SMILES string of the molecule is CC(=O)NC(=O)NC(=O)NC(C)=O. The van der Waals surface area contributed by atoms with E-state index in [1.165, 1.54) is 0 Å². The highest BCUT2D eigenvalue weighted by molar-refractivity contribution is 6.04. The van der Waals surface area contributed by atoms with Gasteiger partial charge in [0, 0.05) is 13.8 Å². The van der Waals surface area contributed by atoms with Crippen molar-refractivity contribution in [2.75, 3.05) is 0 Å². The van der Waals surface area contributed by atoms with Gasteiger partial charge in [-0.1, -0.05) is 0 Å². The first-order chi connectivity index (χ1) is 5.91. The summed E-state index contributed by atoms with van der Waals surface area (Å²) < 4.78 is 0. The average Bonchev–Trinajstić information content (AvgIpc) is 1.80. The van der Waals surface area contributed by atoms with Crippen LogP contribution in [0.5, 0.6) is 0 Å². The van der Waals surface area contributed by atoms with Crippen molar-refractivity contribution in [3.63, 3.8) is 0 Å². The Hall–Kier alpha value is -1.92. The number of carbonyl (C=O) groups is 4. The van der Waals surface area contributed by atoms with E-state index >= 15 is 0 Å². The van der Waals surface area contributed by atoms with Gasteiger partial charge in [-0.25, -0.2) is 9.59 Å². The maximum atomic E-state index is 10.6. The lowest BCUT2D eigenvalue weighted by Gasteiger charge is -2.02. The molecule has 0 rings (SSSR count). The van der Waals surface area contributed by atoms with Crippen LogP contribution < -0.4 is 16.0 Å². The van der Waals surface area contributed by atoms with E-state index < -0.39 is 23.9 Å². The highest BCUT2D eigenvalue weighted by Gasteiger charge is 2.08. The summed E-state index contributed by atoms with van der Waals surface area (Å²) in [7, 11) is 0. The lowest BCUT2D eigenvalue weighted by atomic mass is 10.6. The van der Waals surface area contributed by atoms with Crippen molar-refractivity contribution in [3.05, 3.63) is 0 Å². The molecule has 0 heterocycles. The zero-order valence-electron chi connectivity index (χ0n) is 7.13. The second kappa shape index (κ2) is 4.86. The number of imide groups is 3. The van der Waals surface area contributed by atoms with Gasteiger partial charge in [-0.2, -0.15) is 0 Å². The van der Waals surface area contributed by atoms with E-state index in [-0.39, 0.29) is 0 Å². The fraction of sp³-hybridized carbons (Fsp3) is 0.333. The Bertz CT molecular complexity index is 235. The lowest BCUT2D eigenvalue weighted by Crippen LogP contribution is -2.47. The Balaban J connectivity index is 3.85. The number of hydrogen-bond donors (Lipinski definition) is 3. The summed E-state index contributed by atoms with van der Waals surface area (Å²) in [5.74, 6) is -1.21. The van der Waals surface area contributed by atoms with Crippen LogP contribution in [-0.2, 0) is 9.59 Å². The Labute approximate surface area is 73.9 Å². The number of rotatable bonds is 0. The van der Waals surface area contributed by atoms with Crippen LogP contribution >= 0.6 is 0 Å². The molecular weight excluding hydrogens is 178 g/mol. The number of nitrogens with one attached hydrogen (secondary N) is 3. The molecule has 0 saturated carbocycles. The second-order valence-electron chi connectivity index (χ2n) is 2.15. The molecule has 0 aliphatic rings. The molecule has 0 atom stereocenters. The lowest BCUT2D eigenvalue weighted by molar-refractivity contribution is -0.118. The highest BCUT2D eigenvalue weighted by atomic mass is 16.2. The molecule has 0 aromatic carbocycles. The van der Waals surface area contributed by atoms with Gasteiger partial charge in [0.05, 0.1) is 0 Å². The largest absolute Gasteiger partial charge is 0.329 e. The normalized spacial score (nSPS) is 8.46. The van der Waals surface area contributed by atoms with Crippen molar-refractivity contribution in [1.29, 1.82) is 0 Å². The Kier molecular flexibility index (Phi) is 4.14. The van der Waals surface area contributed by atoms with E-state index in [9.17, 15) is 19.2 Å². The molecule has 0 saturated heterocycles. The molecule has 6 amide bonds. The topological polar surface area (TPSA) is 104 Å². The Morgan fingerprint density at radius 1 is 0.692 bits per heavy atom. The molecule has 0 aromatic rings. The van der Waals surface area contributed by atoms with Crippen LogP contribution in [0.1, 0.15) is 13.8 Å². The molecule has 7 nitrogen and oxygen atoms in total. The number of urea groups is 2. The number of carbonyl (C=O) groups excluding carboxylic acids is 4. The Morgan fingerprint density at radius 3 is 1.23 bits per heavy atom. The third-order valence-corrected chi connectivity index (χ3v) is 0.806. The summed E-state index contributed by atoms with van der Waals surface area (Å²) in [6.07, 6.45) is 0. The first-order valence-electron chi connectivity index (χ1n) is 3.32. The third-order valence-electron chi connectivity index (χ3n) is 0.806. The minimum Gasteiger partial charge on any atom is -0.278 e. The van der Waals surface area contributed by atoms with Crippen molar-refractivity contribution < 1.29 is 19.2 Å². The molecule has 7 heteroatoms. The van der Waals surface area contributed by atoms with E-state index in [0.29, 0.717) is 0 Å². The number of amides is 6. The first kappa shape index (κ1) is 11.1. The molecule has 0 unspecified atom stereocenters. The van der Waals surface area contributed by atoms with E-state index in [4.69, 9.17) is 0 Å². The smallest absolute Gasteiger partial charge is 0.278 e. The Morgan fingerprint density at radius 2 is 1.00 bits per heavy atom. The minimum atomic E-state index is -0.980. The van der Waals surface area contributed by atoms with Gasteiger partial charge in [-0.15, -0.1) is 0 Å². The summed E-state index contributed by atoms with van der Waals surface area (Å²) in [5, 5.41) is 5.27. The van der Waals surface area contributed by atoms with E-state index in [1.807, 2.05) is 0 Å². The summed E-state index contributed by atoms with van der Waals surface area (Å²) >= 11 is 0. The van der Waals surface area contributed by atoms with E-state index in [1.54, 1.807) is 16.0 Å². The highest BCUT2D eigenvalue weighted by Crippen LogP contribution is 1.69. The average molecular weight is 187 g/mol. The van der Waals surface area contributed by atoms with Gasteiger partial charge < -0.3 is 0 Å². The van der Waals surface area contributed by atoms with Crippen LogP contribution in [0, 0.1) is 0 Å². The van der Waals surface area contributed by atoms with Crippen LogP contribution in [0.4, 0.5) is 9.59 Å². The zero-order valence-corrected chi connectivity index (χ0v) is 7.13. The van der Waals surface area contributed by atoms with Gasteiger partial charge in [0.15, 0.2) is 0 Å². The summed E-state index contributed by atoms with van der Waals surface area (Å²) in [4.78, 5) is 41.8. The second-order valence-corrected chi connectivity index (χ2v) is 2.15. The van der Waals surface area contributed by atoms with Crippen LogP contribution in [0.3, 0.4) is 0 Å². The maximum Gasteiger partial charge on any atom is 0.329 e. The zero-order chi connectivity index (χ0) is 10.4. The van der Waals surface area contributed by atoms with Gasteiger partial charge in [0.1, 0.15) is 0 Å². The molecule has 0 aliphatic heterocycles. The monoisotopic (exact) mass is 187 g/mol. The van der Waals surface area contributed by atoms with Gasteiger partial charge in [0.2, 0.25) is 11.8 Å². The number of hydrogen-bond acceptors (Lipinski definition) is 4.